The van der Waals surface area contributed by atoms with E-state index in [0.29, 0.717) is 19.6 Å². The third-order valence-corrected chi connectivity index (χ3v) is 3.78. The van der Waals surface area contributed by atoms with E-state index in [1.807, 2.05) is 13.1 Å². The van der Waals surface area contributed by atoms with Gasteiger partial charge >= 0.3 is 0 Å². The van der Waals surface area contributed by atoms with E-state index in [4.69, 9.17) is 0 Å². The van der Waals surface area contributed by atoms with Crippen LogP contribution in [0.4, 0.5) is 0 Å². The number of β-amino-alcohol motifs (C(OH)–C–C–N with tert-alkyl or cyclic N) is 1. The highest BCUT2D eigenvalue weighted by Gasteiger charge is 2.33. The molecule has 2 aromatic heterocycles. The zero-order valence-corrected chi connectivity index (χ0v) is 12.3. The first-order valence-corrected chi connectivity index (χ1v) is 7.07. The van der Waals surface area contributed by atoms with Crippen LogP contribution < -0.4 is 5.32 Å². The second kappa shape index (κ2) is 6.20. The van der Waals surface area contributed by atoms with Crippen LogP contribution >= 0.6 is 0 Å². The topological polar surface area (TPSA) is 96.2 Å². The monoisotopic (exact) mass is 302 g/mol. The molecule has 0 radical (unpaired) electrons. The number of nitrogens with zero attached hydrogens (tertiary/aromatic N) is 5. The molecular weight excluding hydrogens is 284 g/mol. The Morgan fingerprint density at radius 2 is 2.27 bits per heavy atom. The molecule has 2 aromatic rings. The van der Waals surface area contributed by atoms with Gasteiger partial charge in [-0.2, -0.15) is 5.10 Å². The molecule has 1 aliphatic heterocycles. The van der Waals surface area contributed by atoms with Crippen molar-refractivity contribution in [3.63, 3.8) is 0 Å². The summed E-state index contributed by atoms with van der Waals surface area (Å²) in [4.78, 5) is 22.0. The van der Waals surface area contributed by atoms with Crippen molar-refractivity contribution in [3.05, 3.63) is 42.2 Å². The lowest BCUT2D eigenvalue weighted by atomic mass is 10.2. The van der Waals surface area contributed by atoms with Gasteiger partial charge in [0.15, 0.2) is 0 Å². The molecular formula is C14H18N6O2. The van der Waals surface area contributed by atoms with E-state index in [-0.39, 0.29) is 17.6 Å². The van der Waals surface area contributed by atoms with Crippen molar-refractivity contribution in [3.8, 4) is 0 Å². The highest BCUT2D eigenvalue weighted by Crippen LogP contribution is 2.14. The lowest BCUT2D eigenvalue weighted by Gasteiger charge is -2.16. The minimum Gasteiger partial charge on any atom is -0.390 e. The van der Waals surface area contributed by atoms with Crippen LogP contribution in [-0.4, -0.2) is 60.9 Å². The molecule has 0 saturated carbocycles. The summed E-state index contributed by atoms with van der Waals surface area (Å²) in [5, 5.41) is 17.1. The van der Waals surface area contributed by atoms with Crippen molar-refractivity contribution in [1.82, 2.24) is 30.0 Å². The molecule has 2 atom stereocenters. The van der Waals surface area contributed by atoms with Crippen LogP contribution in [0.3, 0.4) is 0 Å². The van der Waals surface area contributed by atoms with Gasteiger partial charge in [0.1, 0.15) is 5.69 Å². The highest BCUT2D eigenvalue weighted by atomic mass is 16.3. The maximum absolute atomic E-state index is 12.1. The third kappa shape index (κ3) is 3.12. The van der Waals surface area contributed by atoms with Crippen molar-refractivity contribution >= 4 is 5.91 Å². The maximum atomic E-state index is 12.1. The zero-order valence-electron chi connectivity index (χ0n) is 12.3. The van der Waals surface area contributed by atoms with Gasteiger partial charge in [-0.3, -0.25) is 19.4 Å². The minimum atomic E-state index is -0.603. The number of aryl methyl sites for hydroxylation is 1. The Hall–Kier alpha value is -2.32. The van der Waals surface area contributed by atoms with Crippen molar-refractivity contribution in [1.29, 1.82) is 0 Å². The predicted molar refractivity (Wildman–Crippen MR) is 77.8 cm³/mol. The highest BCUT2D eigenvalue weighted by molar-refractivity contribution is 5.92. The van der Waals surface area contributed by atoms with E-state index in [9.17, 15) is 9.90 Å². The molecule has 8 nitrogen and oxygen atoms in total. The number of aliphatic hydroxyl groups is 1. The van der Waals surface area contributed by atoms with Crippen molar-refractivity contribution in [2.75, 3.05) is 13.1 Å². The van der Waals surface area contributed by atoms with Crippen LogP contribution in [0.15, 0.2) is 30.9 Å². The van der Waals surface area contributed by atoms with Gasteiger partial charge in [-0.1, -0.05) is 0 Å². The van der Waals surface area contributed by atoms with Gasteiger partial charge < -0.3 is 10.4 Å². The SMILES string of the molecule is Cn1nccc1CN1C[C@@H](O)[C@H](NC(=O)c2cnccn2)C1. The number of hydrogen-bond donors (Lipinski definition) is 2. The molecule has 0 unspecified atom stereocenters. The molecule has 2 N–H and O–H groups in total. The molecule has 3 rings (SSSR count). The van der Waals surface area contributed by atoms with Crippen LogP contribution in [0.25, 0.3) is 0 Å². The lowest BCUT2D eigenvalue weighted by Crippen LogP contribution is -2.43. The number of likely N-dealkylation sites (tertiary alicyclic amines) is 1. The summed E-state index contributed by atoms with van der Waals surface area (Å²) >= 11 is 0. The molecule has 1 saturated heterocycles. The van der Waals surface area contributed by atoms with Gasteiger partial charge in [-0.25, -0.2) is 4.98 Å². The number of aliphatic hydroxyl groups excluding tert-OH is 1. The molecule has 0 bridgehead atoms. The zero-order chi connectivity index (χ0) is 15.5. The number of amides is 1. The Morgan fingerprint density at radius 1 is 1.41 bits per heavy atom. The number of carbonyl (C=O) groups is 1. The van der Waals surface area contributed by atoms with Crippen molar-refractivity contribution < 1.29 is 9.90 Å². The minimum absolute atomic E-state index is 0.250. The molecule has 0 spiro atoms. The number of aromatic nitrogens is 4. The summed E-state index contributed by atoms with van der Waals surface area (Å²) in [6.45, 7) is 1.78. The summed E-state index contributed by atoms with van der Waals surface area (Å²) in [6.07, 6.45) is 5.53. The van der Waals surface area contributed by atoms with Crippen LogP contribution in [0.1, 0.15) is 16.2 Å². The quantitative estimate of drug-likeness (QED) is 0.766. The first kappa shape index (κ1) is 14.6. The second-order valence-electron chi connectivity index (χ2n) is 5.38. The lowest BCUT2D eigenvalue weighted by molar-refractivity contribution is 0.0883. The molecule has 3 heterocycles. The first-order chi connectivity index (χ1) is 10.6. The first-order valence-electron chi connectivity index (χ1n) is 7.07. The van der Waals surface area contributed by atoms with Crippen LogP contribution in [0.5, 0.6) is 0 Å². The maximum Gasteiger partial charge on any atom is 0.271 e. The summed E-state index contributed by atoms with van der Waals surface area (Å²) in [6, 6.07) is 1.63. The number of rotatable bonds is 4. The van der Waals surface area contributed by atoms with Gasteiger partial charge in [0.25, 0.3) is 5.91 Å². The van der Waals surface area contributed by atoms with Crippen LogP contribution in [-0.2, 0) is 13.6 Å². The molecule has 1 amide bonds. The Morgan fingerprint density at radius 3 is 2.95 bits per heavy atom. The van der Waals surface area contributed by atoms with E-state index in [2.05, 4.69) is 25.3 Å². The largest absolute Gasteiger partial charge is 0.390 e. The smallest absolute Gasteiger partial charge is 0.271 e. The normalized spacial score (nSPS) is 21.9. The van der Waals surface area contributed by atoms with E-state index in [0.717, 1.165) is 5.69 Å². The average molecular weight is 302 g/mol. The Balaban J connectivity index is 1.59. The number of nitrogens with one attached hydrogen (secondary N) is 1. The Bertz CT molecular complexity index is 644. The molecule has 1 aliphatic rings. The van der Waals surface area contributed by atoms with Gasteiger partial charge in [-0.05, 0) is 6.07 Å². The standard InChI is InChI=1S/C14H18N6O2/c1-19-10(2-3-17-19)7-20-8-12(13(21)9-20)18-14(22)11-6-15-4-5-16-11/h2-6,12-13,21H,7-9H2,1H3,(H,18,22)/t12-,13-/m1/s1. The molecule has 116 valence electrons. The molecule has 1 fully saturated rings. The summed E-state index contributed by atoms with van der Waals surface area (Å²) < 4.78 is 1.80. The van der Waals surface area contributed by atoms with Gasteiger partial charge in [0.05, 0.1) is 24.0 Å². The fourth-order valence-electron chi connectivity index (χ4n) is 2.58. The molecule has 0 aromatic carbocycles. The van der Waals surface area contributed by atoms with E-state index in [1.54, 1.807) is 10.9 Å². The summed E-state index contributed by atoms with van der Waals surface area (Å²) in [5.41, 5.74) is 1.31. The van der Waals surface area contributed by atoms with Crippen LogP contribution in [0.2, 0.25) is 0 Å². The second-order valence-corrected chi connectivity index (χ2v) is 5.38. The van der Waals surface area contributed by atoms with E-state index in [1.165, 1.54) is 18.6 Å². The van der Waals surface area contributed by atoms with E-state index < -0.39 is 6.10 Å². The van der Waals surface area contributed by atoms with Gasteiger partial charge in [0, 0.05) is 45.3 Å². The fraction of sp³-hybridized carbons (Fsp3) is 0.429. The number of hydrogen-bond acceptors (Lipinski definition) is 6. The number of carbonyl (C=O) groups excluding carboxylic acids is 1. The van der Waals surface area contributed by atoms with E-state index >= 15 is 0 Å². The molecule has 8 heteroatoms. The summed E-state index contributed by atoms with van der Waals surface area (Å²) in [5.74, 6) is -0.320. The van der Waals surface area contributed by atoms with Crippen molar-refractivity contribution in [2.45, 2.75) is 18.7 Å². The third-order valence-electron chi connectivity index (χ3n) is 3.78. The average Bonchev–Trinajstić information content (AvgIpc) is 3.07. The predicted octanol–water partition coefficient (Wildman–Crippen LogP) is -0.815. The summed E-state index contributed by atoms with van der Waals surface area (Å²) in [7, 11) is 1.88. The molecule has 0 aliphatic carbocycles. The van der Waals surface area contributed by atoms with Crippen LogP contribution in [0, 0.1) is 0 Å². The molecule has 22 heavy (non-hydrogen) atoms. The fourth-order valence-corrected chi connectivity index (χ4v) is 2.58. The van der Waals surface area contributed by atoms with Gasteiger partial charge in [0.2, 0.25) is 0 Å². The van der Waals surface area contributed by atoms with Gasteiger partial charge in [-0.15, -0.1) is 0 Å². The Labute approximate surface area is 127 Å². The Kier molecular flexibility index (Phi) is 4.12. The van der Waals surface area contributed by atoms with Crippen molar-refractivity contribution in [2.24, 2.45) is 7.05 Å².